The minimum absolute atomic E-state index is 0.260. The molecule has 0 saturated carbocycles. The van der Waals surface area contributed by atoms with Crippen molar-refractivity contribution in [1.82, 2.24) is 10.6 Å². The van der Waals surface area contributed by atoms with Crippen LogP contribution in [0.2, 0.25) is 0 Å². The molecular weight excluding hydrogens is 226 g/mol. The highest BCUT2D eigenvalue weighted by Crippen LogP contribution is 2.21. The van der Waals surface area contributed by atoms with Crippen LogP contribution in [0.3, 0.4) is 0 Å². The molecule has 0 aromatic heterocycles. The Labute approximate surface area is 98.7 Å². The molecule has 1 aliphatic rings. The smallest absolute Gasteiger partial charge is 0.404 e. The summed E-state index contributed by atoms with van der Waals surface area (Å²) in [6, 6.07) is 0. The summed E-state index contributed by atoms with van der Waals surface area (Å²) in [7, 11) is 0. The lowest BCUT2D eigenvalue weighted by atomic mass is 9.85. The molecule has 1 rings (SSSR count). The van der Waals surface area contributed by atoms with Gasteiger partial charge in [0, 0.05) is 13.0 Å². The summed E-state index contributed by atoms with van der Waals surface area (Å²) in [4.78, 5) is 32.7. The molecule has 0 bridgehead atoms. The summed E-state index contributed by atoms with van der Waals surface area (Å²) in [6.45, 7) is 0.339. The minimum atomic E-state index is -1.06. The molecule has 96 valence electrons. The molecule has 1 heterocycles. The Balaban J connectivity index is 2.27. The number of hydrogen-bond acceptors (Lipinski definition) is 4. The van der Waals surface area contributed by atoms with Gasteiger partial charge in [-0.3, -0.25) is 14.9 Å². The molecule has 1 unspecified atom stereocenters. The zero-order valence-electron chi connectivity index (χ0n) is 9.49. The molecule has 0 aromatic rings. The van der Waals surface area contributed by atoms with Crippen molar-refractivity contribution in [1.29, 1.82) is 0 Å². The topological polar surface area (TPSA) is 122 Å². The normalized spacial score (nSPS) is 24.3. The van der Waals surface area contributed by atoms with Gasteiger partial charge in [-0.1, -0.05) is 0 Å². The van der Waals surface area contributed by atoms with Crippen molar-refractivity contribution >= 4 is 17.9 Å². The number of nitrogens with one attached hydrogen (secondary N) is 2. The fourth-order valence-electron chi connectivity index (χ4n) is 1.76. The van der Waals surface area contributed by atoms with Gasteiger partial charge in [0.05, 0.1) is 5.54 Å². The van der Waals surface area contributed by atoms with E-state index in [1.807, 2.05) is 0 Å². The van der Waals surface area contributed by atoms with Crippen LogP contribution in [0, 0.1) is 0 Å². The average molecular weight is 243 g/mol. The second-order valence-corrected chi connectivity index (χ2v) is 4.22. The molecule has 3 amide bonds. The quantitative estimate of drug-likeness (QED) is 0.385. The maximum atomic E-state index is 11.5. The number of carbonyl (C=O) groups excluding carboxylic acids is 2. The summed E-state index contributed by atoms with van der Waals surface area (Å²) in [6.07, 6.45) is 1.26. The Morgan fingerprint density at radius 2 is 2.18 bits per heavy atom. The van der Waals surface area contributed by atoms with Gasteiger partial charge in [0.2, 0.25) is 11.8 Å². The Morgan fingerprint density at radius 1 is 1.47 bits per heavy atom. The van der Waals surface area contributed by atoms with E-state index in [0.29, 0.717) is 32.2 Å². The lowest BCUT2D eigenvalue weighted by molar-refractivity contribution is -0.137. The predicted octanol–water partition coefficient (Wildman–Crippen LogP) is -0.442. The van der Waals surface area contributed by atoms with Crippen LogP contribution in [-0.2, 0) is 9.59 Å². The van der Waals surface area contributed by atoms with Gasteiger partial charge in [-0.05, 0) is 25.7 Å². The number of nitrogens with two attached hydrogens (primary N) is 1. The van der Waals surface area contributed by atoms with Gasteiger partial charge in [-0.15, -0.1) is 0 Å². The van der Waals surface area contributed by atoms with Crippen LogP contribution in [0.5, 0.6) is 0 Å². The third kappa shape index (κ3) is 4.03. The number of piperidine rings is 1. The second kappa shape index (κ2) is 5.62. The summed E-state index contributed by atoms with van der Waals surface area (Å²) in [5.74, 6) is -0.719. The van der Waals surface area contributed by atoms with Crippen molar-refractivity contribution in [3.8, 4) is 0 Å². The maximum absolute atomic E-state index is 11.5. The maximum Gasteiger partial charge on any atom is 0.404 e. The molecule has 7 nitrogen and oxygen atoms in total. The van der Waals surface area contributed by atoms with E-state index < -0.39 is 17.5 Å². The fraction of sp³-hybridized carbons (Fsp3) is 0.700. The van der Waals surface area contributed by atoms with E-state index >= 15 is 0 Å². The molecule has 5 N–H and O–H groups in total. The fourth-order valence-corrected chi connectivity index (χ4v) is 1.76. The van der Waals surface area contributed by atoms with Crippen LogP contribution >= 0.6 is 0 Å². The molecule has 1 atom stereocenters. The number of carbonyl (C=O) groups is 3. The first kappa shape index (κ1) is 13.4. The monoisotopic (exact) mass is 243 g/mol. The molecule has 0 aliphatic carbocycles. The Kier molecular flexibility index (Phi) is 4.45. The van der Waals surface area contributed by atoms with Crippen molar-refractivity contribution in [3.05, 3.63) is 0 Å². The van der Waals surface area contributed by atoms with Crippen LogP contribution in [0.25, 0.3) is 0 Å². The first-order valence-corrected chi connectivity index (χ1v) is 5.54. The molecule has 1 saturated heterocycles. The lowest BCUT2D eigenvalue weighted by Gasteiger charge is -2.31. The second-order valence-electron chi connectivity index (χ2n) is 4.22. The molecule has 0 spiro atoms. The van der Waals surface area contributed by atoms with E-state index in [9.17, 15) is 14.4 Å². The van der Waals surface area contributed by atoms with Gasteiger partial charge in [-0.2, -0.15) is 0 Å². The van der Waals surface area contributed by atoms with Crippen molar-refractivity contribution in [2.75, 3.05) is 6.54 Å². The van der Waals surface area contributed by atoms with Crippen molar-refractivity contribution < 1.29 is 19.5 Å². The van der Waals surface area contributed by atoms with E-state index in [1.54, 1.807) is 0 Å². The average Bonchev–Trinajstić information content (AvgIpc) is 2.24. The van der Waals surface area contributed by atoms with E-state index in [2.05, 4.69) is 10.6 Å². The van der Waals surface area contributed by atoms with Gasteiger partial charge in [0.25, 0.3) is 0 Å². The third-order valence-corrected chi connectivity index (χ3v) is 2.83. The Hall–Kier alpha value is -1.63. The van der Waals surface area contributed by atoms with Crippen LogP contribution in [-0.4, -0.2) is 35.1 Å². The Bertz CT molecular complexity index is 332. The number of rotatable bonds is 5. The number of amides is 3. The standard InChI is InChI=1S/C10H17N3O4/c11-10(4-1-2-6-12-9(16)17)5-3-7(14)13-8(10)15/h12H,1-6,11H2,(H,16,17)(H,13,14,15). The van der Waals surface area contributed by atoms with E-state index in [0.717, 1.165) is 0 Å². The number of imide groups is 1. The molecule has 1 aliphatic heterocycles. The summed E-state index contributed by atoms with van der Waals surface area (Å²) < 4.78 is 0. The molecule has 0 aromatic carbocycles. The molecule has 7 heteroatoms. The van der Waals surface area contributed by atoms with Crippen LogP contribution in [0.4, 0.5) is 4.79 Å². The SMILES string of the molecule is NC1(CCCCNC(=O)O)CCC(=O)NC1=O. The summed E-state index contributed by atoms with van der Waals surface area (Å²) in [5.41, 5.74) is 4.92. The first-order chi connectivity index (χ1) is 7.94. The van der Waals surface area contributed by atoms with Gasteiger partial charge in [0.1, 0.15) is 0 Å². The summed E-state index contributed by atoms with van der Waals surface area (Å²) in [5, 5.41) is 12.8. The zero-order chi connectivity index (χ0) is 12.9. The van der Waals surface area contributed by atoms with Crippen molar-refractivity contribution in [2.45, 2.75) is 37.6 Å². The Morgan fingerprint density at radius 3 is 2.76 bits per heavy atom. The van der Waals surface area contributed by atoms with Crippen molar-refractivity contribution in [3.63, 3.8) is 0 Å². The van der Waals surface area contributed by atoms with Gasteiger partial charge >= 0.3 is 6.09 Å². The van der Waals surface area contributed by atoms with Crippen LogP contribution in [0.15, 0.2) is 0 Å². The van der Waals surface area contributed by atoms with E-state index in [-0.39, 0.29) is 12.3 Å². The highest BCUT2D eigenvalue weighted by Gasteiger charge is 2.38. The number of unbranched alkanes of at least 4 members (excludes halogenated alkanes) is 1. The van der Waals surface area contributed by atoms with Gasteiger partial charge in [-0.25, -0.2) is 4.79 Å². The zero-order valence-corrected chi connectivity index (χ0v) is 9.49. The minimum Gasteiger partial charge on any atom is -0.465 e. The van der Waals surface area contributed by atoms with Gasteiger partial charge < -0.3 is 16.2 Å². The highest BCUT2D eigenvalue weighted by atomic mass is 16.4. The molecular formula is C10H17N3O4. The largest absolute Gasteiger partial charge is 0.465 e. The highest BCUT2D eigenvalue weighted by molar-refractivity contribution is 6.02. The molecule has 1 fully saturated rings. The van der Waals surface area contributed by atoms with Gasteiger partial charge in [0.15, 0.2) is 0 Å². The number of carboxylic acid groups (broad SMARTS) is 1. The van der Waals surface area contributed by atoms with Crippen LogP contribution in [0.1, 0.15) is 32.1 Å². The lowest BCUT2D eigenvalue weighted by Crippen LogP contribution is -2.59. The van der Waals surface area contributed by atoms with E-state index in [4.69, 9.17) is 10.8 Å². The van der Waals surface area contributed by atoms with Crippen LogP contribution < -0.4 is 16.4 Å². The van der Waals surface area contributed by atoms with E-state index in [1.165, 1.54) is 0 Å². The predicted molar refractivity (Wildman–Crippen MR) is 59.2 cm³/mol. The first-order valence-electron chi connectivity index (χ1n) is 5.54. The summed E-state index contributed by atoms with van der Waals surface area (Å²) >= 11 is 0. The third-order valence-electron chi connectivity index (χ3n) is 2.83. The van der Waals surface area contributed by atoms with Crippen molar-refractivity contribution in [2.24, 2.45) is 5.73 Å². The molecule has 17 heavy (non-hydrogen) atoms. The molecule has 0 radical (unpaired) electrons. The number of hydrogen-bond donors (Lipinski definition) is 4.